The van der Waals surface area contributed by atoms with Crippen LogP contribution in [0.4, 0.5) is 0 Å². The SMILES string of the molecule is Cc1cccc(-c2cccc(OP(=O)(Oc3cccc(-c4cccc(C)c4C)c3-c3cccc(C)c3C)Oc3cccc(-c4cccc(C)c4C)c3-c3cccc(C)c3C)c2-c2cccc(C)c2C)c1C. The van der Waals surface area contributed by atoms with Gasteiger partial charge in [0.2, 0.25) is 0 Å². The van der Waals surface area contributed by atoms with E-state index >= 15 is 4.57 Å². The minimum absolute atomic E-state index is 0.373. The van der Waals surface area contributed by atoms with Crippen molar-refractivity contribution in [2.75, 3.05) is 0 Å². The molecule has 5 heteroatoms. The van der Waals surface area contributed by atoms with Gasteiger partial charge in [-0.15, -0.1) is 0 Å². The van der Waals surface area contributed by atoms with Crippen LogP contribution in [0.5, 0.6) is 17.2 Å². The van der Waals surface area contributed by atoms with Crippen molar-refractivity contribution in [2.24, 2.45) is 0 Å². The Kier molecular flexibility index (Phi) is 13.5. The van der Waals surface area contributed by atoms with E-state index in [0.29, 0.717) is 17.2 Å². The highest BCUT2D eigenvalue weighted by Gasteiger charge is 2.38. The number of benzene rings is 9. The van der Waals surface area contributed by atoms with Crippen molar-refractivity contribution >= 4 is 7.82 Å². The van der Waals surface area contributed by atoms with Gasteiger partial charge in [0.15, 0.2) is 0 Å². The summed E-state index contributed by atoms with van der Waals surface area (Å²) in [6, 6.07) is 55.9. The van der Waals surface area contributed by atoms with E-state index in [1.165, 1.54) is 16.7 Å². The van der Waals surface area contributed by atoms with Gasteiger partial charge in [-0.05, 0) is 218 Å². The molecule has 9 aromatic rings. The van der Waals surface area contributed by atoms with Crippen molar-refractivity contribution in [3.8, 4) is 84.0 Å². The Morgan fingerprint density at radius 1 is 0.239 bits per heavy atom. The van der Waals surface area contributed by atoms with E-state index in [1.54, 1.807) is 0 Å². The van der Waals surface area contributed by atoms with E-state index in [4.69, 9.17) is 13.6 Å². The molecule has 0 aromatic heterocycles. The Morgan fingerprint density at radius 3 is 0.662 bits per heavy atom. The summed E-state index contributed by atoms with van der Waals surface area (Å²) in [5.74, 6) is 1.12. The second-order valence-electron chi connectivity index (χ2n) is 19.2. The number of hydrogen-bond donors (Lipinski definition) is 0. The molecule has 4 nitrogen and oxygen atoms in total. The first-order valence-corrected chi connectivity index (χ1v) is 26.0. The fourth-order valence-corrected chi connectivity index (χ4v) is 11.2. The Balaban J connectivity index is 1.35. The molecule has 9 aromatic carbocycles. The lowest BCUT2D eigenvalue weighted by Crippen LogP contribution is -2.11. The Bertz CT molecular complexity index is 3210. The van der Waals surface area contributed by atoms with Gasteiger partial charge in [-0.2, -0.15) is 4.57 Å². The van der Waals surface area contributed by atoms with E-state index in [2.05, 4.69) is 210 Å². The van der Waals surface area contributed by atoms with Gasteiger partial charge in [-0.25, -0.2) is 0 Å². The summed E-state index contributed by atoms with van der Waals surface area (Å²) >= 11 is 0. The quantitative estimate of drug-likeness (QED) is 0.114. The maximum atomic E-state index is 17.0. The number of phosphoric acid groups is 1. The molecule has 0 aliphatic heterocycles. The molecule has 0 N–H and O–H groups in total. The smallest absolute Gasteiger partial charge is 0.385 e. The Morgan fingerprint density at radius 2 is 0.423 bits per heavy atom. The van der Waals surface area contributed by atoms with Crippen molar-refractivity contribution in [1.29, 1.82) is 0 Å². The van der Waals surface area contributed by atoms with Crippen LogP contribution in [0.3, 0.4) is 0 Å². The molecule has 0 radical (unpaired) electrons. The van der Waals surface area contributed by atoms with Crippen LogP contribution in [0, 0.1) is 83.1 Å². The molecule has 0 atom stereocenters. The molecule has 0 saturated heterocycles. The summed E-state index contributed by atoms with van der Waals surface area (Å²) in [7, 11) is -4.81. The molecule has 0 unspecified atom stereocenters. The summed E-state index contributed by atoms with van der Waals surface area (Å²) in [5.41, 5.74) is 24.9. The lowest BCUT2D eigenvalue weighted by Gasteiger charge is -2.27. The van der Waals surface area contributed by atoms with Crippen molar-refractivity contribution in [3.63, 3.8) is 0 Å². The van der Waals surface area contributed by atoms with Gasteiger partial charge in [-0.1, -0.05) is 146 Å². The molecule has 0 saturated carbocycles. The number of phosphoric ester groups is 1. The van der Waals surface area contributed by atoms with Gasteiger partial charge in [-0.3, -0.25) is 0 Å². The van der Waals surface area contributed by atoms with Gasteiger partial charge < -0.3 is 13.6 Å². The minimum Gasteiger partial charge on any atom is -0.385 e. The van der Waals surface area contributed by atoms with E-state index in [1.807, 2.05) is 36.4 Å². The van der Waals surface area contributed by atoms with Crippen LogP contribution in [-0.2, 0) is 4.57 Å². The van der Waals surface area contributed by atoms with Crippen LogP contribution in [0.25, 0.3) is 66.8 Å². The standard InChI is InChI=1S/C66H63O4P/c1-40-22-13-28-52(46(40)7)58-34-19-37-61(64(58)55-31-16-25-43(4)49(55)10)68-71(67,69-62-38-20-35-59(53-29-14-23-41(2)47(53)8)65(62)56-32-17-26-44(5)50(56)11)70-63-39-21-36-60(54-30-15-24-42(3)48(54)9)66(63)57-33-18-27-45(6)51(57)12/h13-39H,1-12H3. The first-order chi connectivity index (χ1) is 34.1. The summed E-state index contributed by atoms with van der Waals surface area (Å²) in [5, 5.41) is 0. The average Bonchev–Trinajstić information content (AvgIpc) is 3.34. The van der Waals surface area contributed by atoms with Gasteiger partial charge in [0.1, 0.15) is 17.2 Å². The van der Waals surface area contributed by atoms with Crippen molar-refractivity contribution in [1.82, 2.24) is 0 Å². The van der Waals surface area contributed by atoms with E-state index < -0.39 is 7.82 Å². The summed E-state index contributed by atoms with van der Waals surface area (Å²) < 4.78 is 38.6. The van der Waals surface area contributed by atoms with Gasteiger partial charge >= 0.3 is 7.82 Å². The predicted molar refractivity (Wildman–Crippen MR) is 298 cm³/mol. The zero-order valence-corrected chi connectivity index (χ0v) is 44.1. The zero-order valence-electron chi connectivity index (χ0n) is 43.2. The fraction of sp³-hybridized carbons (Fsp3) is 0.182. The van der Waals surface area contributed by atoms with Gasteiger partial charge in [0.25, 0.3) is 0 Å². The fourth-order valence-electron chi connectivity index (χ4n) is 9.94. The molecule has 356 valence electrons. The summed E-state index contributed by atoms with van der Waals surface area (Å²) in [4.78, 5) is 0. The number of aryl methyl sites for hydroxylation is 6. The highest BCUT2D eigenvalue weighted by Crippen LogP contribution is 2.58. The molecule has 0 aliphatic carbocycles. The second-order valence-corrected chi connectivity index (χ2v) is 20.7. The molecule has 0 aliphatic rings. The van der Waals surface area contributed by atoms with E-state index in [-0.39, 0.29) is 0 Å². The first-order valence-electron chi connectivity index (χ1n) is 24.5. The largest absolute Gasteiger partial charge is 0.647 e. The molecule has 0 bridgehead atoms. The molecule has 0 amide bonds. The molecule has 0 heterocycles. The lowest BCUT2D eigenvalue weighted by atomic mass is 9.87. The van der Waals surface area contributed by atoms with Crippen LogP contribution in [0.2, 0.25) is 0 Å². The maximum absolute atomic E-state index is 17.0. The average molecular weight is 951 g/mol. The van der Waals surface area contributed by atoms with Gasteiger partial charge in [0.05, 0.1) is 0 Å². The van der Waals surface area contributed by atoms with Crippen LogP contribution < -0.4 is 13.6 Å². The highest BCUT2D eigenvalue weighted by molar-refractivity contribution is 7.49. The zero-order chi connectivity index (χ0) is 50.3. The maximum Gasteiger partial charge on any atom is 0.647 e. The van der Waals surface area contributed by atoms with Crippen molar-refractivity contribution < 1.29 is 18.1 Å². The van der Waals surface area contributed by atoms with Crippen LogP contribution >= 0.6 is 7.82 Å². The number of hydrogen-bond acceptors (Lipinski definition) is 4. The molecular formula is C66H63O4P. The molecule has 0 spiro atoms. The highest BCUT2D eigenvalue weighted by atomic mass is 31.2. The summed E-state index contributed by atoms with van der Waals surface area (Å²) in [6.07, 6.45) is 0. The Labute approximate surface area is 421 Å². The lowest BCUT2D eigenvalue weighted by molar-refractivity contribution is 0.299. The predicted octanol–water partition coefficient (Wildman–Crippen LogP) is 19.0. The Hall–Kier alpha value is -7.39. The third-order valence-corrected chi connectivity index (χ3v) is 16.3. The number of rotatable bonds is 12. The summed E-state index contributed by atoms with van der Waals surface area (Å²) in [6.45, 7) is 25.6. The van der Waals surface area contributed by atoms with E-state index in [0.717, 1.165) is 117 Å². The van der Waals surface area contributed by atoms with Crippen LogP contribution in [-0.4, -0.2) is 0 Å². The van der Waals surface area contributed by atoms with E-state index in [9.17, 15) is 0 Å². The second kappa shape index (κ2) is 19.8. The molecular weight excluding hydrogens is 888 g/mol. The normalized spacial score (nSPS) is 11.4. The van der Waals surface area contributed by atoms with Crippen molar-refractivity contribution in [2.45, 2.75) is 83.1 Å². The third-order valence-electron chi connectivity index (χ3n) is 15.0. The van der Waals surface area contributed by atoms with Crippen LogP contribution in [0.15, 0.2) is 164 Å². The first kappa shape index (κ1) is 48.6. The molecule has 71 heavy (non-hydrogen) atoms. The van der Waals surface area contributed by atoms with Gasteiger partial charge in [0, 0.05) is 16.7 Å². The minimum atomic E-state index is -4.81. The topological polar surface area (TPSA) is 44.8 Å². The molecule has 9 rings (SSSR count). The molecule has 0 fully saturated rings. The monoisotopic (exact) mass is 950 g/mol. The third kappa shape index (κ3) is 9.26. The van der Waals surface area contributed by atoms with Crippen molar-refractivity contribution in [3.05, 3.63) is 231 Å². The van der Waals surface area contributed by atoms with Crippen LogP contribution in [0.1, 0.15) is 66.8 Å².